The van der Waals surface area contributed by atoms with Gasteiger partial charge in [0.1, 0.15) is 5.56 Å². The van der Waals surface area contributed by atoms with Gasteiger partial charge in [-0.3, -0.25) is 19.4 Å². The van der Waals surface area contributed by atoms with Crippen molar-refractivity contribution in [1.29, 1.82) is 0 Å². The molecule has 10 heteroatoms. The summed E-state index contributed by atoms with van der Waals surface area (Å²) in [6, 6.07) is 9.30. The van der Waals surface area contributed by atoms with Crippen molar-refractivity contribution in [3.8, 4) is 0 Å². The number of benzene rings is 1. The van der Waals surface area contributed by atoms with Gasteiger partial charge < -0.3 is 30.3 Å². The van der Waals surface area contributed by atoms with E-state index >= 15 is 0 Å². The Hall–Kier alpha value is -4.18. The fraction of sp³-hybridized carbons (Fsp3) is 0.333. The van der Waals surface area contributed by atoms with Gasteiger partial charge in [-0.2, -0.15) is 0 Å². The van der Waals surface area contributed by atoms with Gasteiger partial charge in [-0.15, -0.1) is 0 Å². The highest BCUT2D eigenvalue weighted by atomic mass is 16.2. The normalized spacial score (nSPS) is 16.2. The van der Waals surface area contributed by atoms with E-state index in [4.69, 9.17) is 0 Å². The van der Waals surface area contributed by atoms with Crippen LogP contribution in [0.3, 0.4) is 0 Å². The first-order chi connectivity index (χ1) is 17.9. The molecule has 0 aliphatic carbocycles. The summed E-state index contributed by atoms with van der Waals surface area (Å²) in [5, 5.41) is 6.04. The molecule has 0 bridgehead atoms. The van der Waals surface area contributed by atoms with E-state index in [0.717, 1.165) is 49.5 Å². The number of nitrogens with zero attached hydrogens (tertiary/aromatic N) is 4. The summed E-state index contributed by atoms with van der Waals surface area (Å²) >= 11 is 0. The summed E-state index contributed by atoms with van der Waals surface area (Å²) in [6.45, 7) is 6.47. The second kappa shape index (κ2) is 10.4. The van der Waals surface area contributed by atoms with Crippen LogP contribution in [0.1, 0.15) is 28.8 Å². The van der Waals surface area contributed by atoms with Crippen LogP contribution in [0.5, 0.6) is 0 Å². The minimum Gasteiger partial charge on any atom is -0.369 e. The van der Waals surface area contributed by atoms with E-state index in [9.17, 15) is 14.4 Å². The van der Waals surface area contributed by atoms with E-state index in [1.807, 2.05) is 31.2 Å². The first-order valence-electron chi connectivity index (χ1n) is 12.5. The van der Waals surface area contributed by atoms with Crippen molar-refractivity contribution in [2.24, 2.45) is 0 Å². The lowest BCUT2D eigenvalue weighted by Crippen LogP contribution is -2.44. The molecule has 192 valence electrons. The molecule has 3 N–H and O–H groups in total. The lowest BCUT2D eigenvalue weighted by molar-refractivity contribution is -0.117. The molecule has 37 heavy (non-hydrogen) atoms. The highest BCUT2D eigenvalue weighted by Gasteiger charge is 2.25. The number of hydrogen-bond donors (Lipinski definition) is 3. The molecule has 5 rings (SSSR count). The third kappa shape index (κ3) is 5.19. The van der Waals surface area contributed by atoms with Crippen molar-refractivity contribution < 1.29 is 9.59 Å². The number of hydrogen-bond acceptors (Lipinski definition) is 7. The maximum absolute atomic E-state index is 13.2. The lowest BCUT2D eigenvalue weighted by atomic mass is 10.1. The quantitative estimate of drug-likeness (QED) is 0.476. The molecule has 2 saturated heterocycles. The van der Waals surface area contributed by atoms with Crippen molar-refractivity contribution >= 4 is 40.3 Å². The number of nitrogens with one attached hydrogen (secondary N) is 3. The van der Waals surface area contributed by atoms with Crippen LogP contribution in [0.25, 0.3) is 0 Å². The summed E-state index contributed by atoms with van der Waals surface area (Å²) in [6.07, 6.45) is 6.11. The Labute approximate surface area is 215 Å². The lowest BCUT2D eigenvalue weighted by Gasteiger charge is -2.34. The van der Waals surface area contributed by atoms with Crippen LogP contribution in [-0.2, 0) is 4.79 Å². The largest absolute Gasteiger partial charge is 0.369 e. The zero-order valence-electron chi connectivity index (χ0n) is 21.1. The van der Waals surface area contributed by atoms with Crippen molar-refractivity contribution in [2.45, 2.75) is 19.8 Å². The number of carbonyl (C=O) groups excluding carboxylic acids is 2. The number of piperazine rings is 1. The molecule has 0 spiro atoms. The molecule has 0 atom stereocenters. The zero-order valence-corrected chi connectivity index (χ0v) is 21.1. The highest BCUT2D eigenvalue weighted by molar-refractivity contribution is 6.08. The van der Waals surface area contributed by atoms with E-state index in [-0.39, 0.29) is 11.5 Å². The summed E-state index contributed by atoms with van der Waals surface area (Å²) in [5.74, 6) is -0.454. The number of aromatic nitrogens is 2. The van der Waals surface area contributed by atoms with Gasteiger partial charge in [-0.05, 0) is 56.3 Å². The van der Waals surface area contributed by atoms with Crippen molar-refractivity contribution in [3.05, 3.63) is 70.4 Å². The van der Waals surface area contributed by atoms with Crippen LogP contribution >= 0.6 is 0 Å². The minimum atomic E-state index is -0.520. The molecule has 2 fully saturated rings. The Morgan fingerprint density at radius 3 is 2.43 bits per heavy atom. The number of anilines is 5. The van der Waals surface area contributed by atoms with Crippen LogP contribution in [0.4, 0.5) is 28.4 Å². The molecule has 0 unspecified atom stereocenters. The molecular weight excluding hydrogens is 470 g/mol. The molecule has 2 aliphatic heterocycles. The monoisotopic (exact) mass is 501 g/mol. The van der Waals surface area contributed by atoms with Gasteiger partial charge >= 0.3 is 0 Å². The van der Waals surface area contributed by atoms with E-state index in [1.54, 1.807) is 23.4 Å². The molecule has 1 aromatic carbocycles. The van der Waals surface area contributed by atoms with Gasteiger partial charge in [0.25, 0.3) is 11.5 Å². The predicted molar refractivity (Wildman–Crippen MR) is 145 cm³/mol. The second-order valence-electron chi connectivity index (χ2n) is 9.49. The smallest absolute Gasteiger partial charge is 0.263 e. The summed E-state index contributed by atoms with van der Waals surface area (Å²) in [7, 11) is 2.12. The van der Waals surface area contributed by atoms with E-state index in [0.29, 0.717) is 30.0 Å². The van der Waals surface area contributed by atoms with Gasteiger partial charge in [0, 0.05) is 56.7 Å². The Balaban J connectivity index is 1.35. The third-order valence-corrected chi connectivity index (χ3v) is 7.00. The number of amides is 2. The number of pyridine rings is 2. The van der Waals surface area contributed by atoms with Crippen molar-refractivity contribution in [3.63, 3.8) is 0 Å². The van der Waals surface area contributed by atoms with E-state index in [2.05, 4.69) is 37.4 Å². The zero-order chi connectivity index (χ0) is 25.9. The van der Waals surface area contributed by atoms with Crippen LogP contribution in [0, 0.1) is 6.92 Å². The average Bonchev–Trinajstić information content (AvgIpc) is 3.32. The number of rotatable bonds is 6. The molecule has 2 aromatic heterocycles. The summed E-state index contributed by atoms with van der Waals surface area (Å²) in [4.78, 5) is 51.4. The second-order valence-corrected chi connectivity index (χ2v) is 9.49. The predicted octanol–water partition coefficient (Wildman–Crippen LogP) is 2.95. The molecule has 2 aliphatic rings. The Morgan fingerprint density at radius 2 is 1.73 bits per heavy atom. The summed E-state index contributed by atoms with van der Waals surface area (Å²) < 4.78 is 0. The molecule has 10 nitrogen and oxygen atoms in total. The summed E-state index contributed by atoms with van der Waals surface area (Å²) in [5.41, 5.74) is 3.68. The van der Waals surface area contributed by atoms with Gasteiger partial charge in [0.15, 0.2) is 0 Å². The first kappa shape index (κ1) is 24.5. The highest BCUT2D eigenvalue weighted by Crippen LogP contribution is 2.31. The van der Waals surface area contributed by atoms with E-state index in [1.165, 1.54) is 6.20 Å². The van der Waals surface area contributed by atoms with Gasteiger partial charge in [0.2, 0.25) is 5.91 Å². The SMILES string of the molecule is Cc1c(Nc2cc[nH]c(=O)c2C(=O)Nc2ccc(N3CCN(C)CC3)cc2)cncc1N1CCCC1=O. The van der Waals surface area contributed by atoms with Gasteiger partial charge in [0.05, 0.1) is 29.5 Å². The van der Waals surface area contributed by atoms with Crippen LogP contribution in [-0.4, -0.2) is 66.5 Å². The Kier molecular flexibility index (Phi) is 6.91. The minimum absolute atomic E-state index is 0.0345. The molecule has 4 heterocycles. The Morgan fingerprint density at radius 1 is 0.973 bits per heavy atom. The van der Waals surface area contributed by atoms with Gasteiger partial charge in [-0.25, -0.2) is 0 Å². The topological polar surface area (TPSA) is 114 Å². The average molecular weight is 502 g/mol. The Bertz CT molecular complexity index is 1360. The maximum Gasteiger partial charge on any atom is 0.263 e. The fourth-order valence-corrected chi connectivity index (χ4v) is 4.78. The standard InChI is InChI=1S/C27H31N7O3/c1-18-22(16-28-17-23(18)34-11-3-4-24(34)35)31-21-9-10-29-26(36)25(21)27(37)30-19-5-7-20(8-6-19)33-14-12-32(2)13-15-33/h5-10,16-17H,3-4,11-15H2,1-2H3,(H,30,37)(H2,29,31,36). The van der Waals surface area contributed by atoms with E-state index < -0.39 is 11.5 Å². The maximum atomic E-state index is 13.2. The molecule has 0 radical (unpaired) electrons. The molecule has 0 saturated carbocycles. The van der Waals surface area contributed by atoms with Crippen LogP contribution in [0.2, 0.25) is 0 Å². The third-order valence-electron chi connectivity index (χ3n) is 7.00. The van der Waals surface area contributed by atoms with Gasteiger partial charge in [-0.1, -0.05) is 0 Å². The number of carbonyl (C=O) groups is 2. The fourth-order valence-electron chi connectivity index (χ4n) is 4.78. The van der Waals surface area contributed by atoms with Crippen LogP contribution in [0.15, 0.2) is 53.7 Å². The van der Waals surface area contributed by atoms with Crippen LogP contribution < -0.4 is 26.0 Å². The first-order valence-corrected chi connectivity index (χ1v) is 12.5. The molecular formula is C27H31N7O3. The number of aromatic amines is 1. The number of likely N-dealkylation sites (N-methyl/N-ethyl adjacent to an activating group) is 1. The van der Waals surface area contributed by atoms with Crippen molar-refractivity contribution in [1.82, 2.24) is 14.9 Å². The molecule has 3 aromatic rings. The van der Waals surface area contributed by atoms with Crippen molar-refractivity contribution in [2.75, 3.05) is 60.2 Å². The number of H-pyrrole nitrogens is 1. The molecule has 2 amide bonds.